The number of thioether (sulfide) groups is 1. The average Bonchev–Trinajstić information content (AvgIpc) is 3.04. The van der Waals surface area contributed by atoms with Gasteiger partial charge in [-0.1, -0.05) is 23.4 Å². The van der Waals surface area contributed by atoms with Crippen LogP contribution in [0.2, 0.25) is 5.02 Å². The highest BCUT2D eigenvalue weighted by Gasteiger charge is 2.21. The number of fused-ring (bicyclic) bond motifs is 3. The Morgan fingerprint density at radius 2 is 2.19 bits per heavy atom. The normalized spacial score (nSPS) is 13.6. The molecular formula is C18H17ClN4O2S2. The van der Waals surface area contributed by atoms with Crippen molar-refractivity contribution in [2.45, 2.75) is 30.8 Å². The molecule has 0 aliphatic heterocycles. The highest BCUT2D eigenvalue weighted by molar-refractivity contribution is 7.99. The zero-order chi connectivity index (χ0) is 19.0. The predicted molar refractivity (Wildman–Crippen MR) is 110 cm³/mol. The Labute approximate surface area is 169 Å². The lowest BCUT2D eigenvalue weighted by Crippen LogP contribution is -2.22. The summed E-state index contributed by atoms with van der Waals surface area (Å²) in [5.74, 6) is 0.365. The summed E-state index contributed by atoms with van der Waals surface area (Å²) in [6.45, 7) is 0. The second kappa shape index (κ2) is 7.61. The van der Waals surface area contributed by atoms with Gasteiger partial charge in [0, 0.05) is 18.1 Å². The number of hydrogen-bond donors (Lipinski definition) is 1. The van der Waals surface area contributed by atoms with Crippen LogP contribution in [0, 0.1) is 0 Å². The summed E-state index contributed by atoms with van der Waals surface area (Å²) < 4.78 is 1.54. The number of carbonyl (C=O) groups is 1. The maximum Gasteiger partial charge on any atom is 0.262 e. The molecule has 140 valence electrons. The largest absolute Gasteiger partial charge is 0.310 e. The van der Waals surface area contributed by atoms with Gasteiger partial charge in [0.2, 0.25) is 5.91 Å². The summed E-state index contributed by atoms with van der Waals surface area (Å²) in [5.41, 5.74) is 1.15. The molecule has 3 aromatic heterocycles. The minimum absolute atomic E-state index is 0.0262. The first-order valence-corrected chi connectivity index (χ1v) is 10.8. The van der Waals surface area contributed by atoms with Crippen molar-refractivity contribution in [1.82, 2.24) is 14.5 Å². The first kappa shape index (κ1) is 18.5. The number of carbonyl (C=O) groups excluding carboxylic acids is 1. The van der Waals surface area contributed by atoms with Crippen LogP contribution in [0.15, 0.2) is 28.3 Å². The van der Waals surface area contributed by atoms with Gasteiger partial charge in [0.25, 0.3) is 5.56 Å². The second-order valence-electron chi connectivity index (χ2n) is 6.35. The van der Waals surface area contributed by atoms with Crippen LogP contribution < -0.4 is 10.9 Å². The van der Waals surface area contributed by atoms with E-state index in [1.807, 2.05) is 0 Å². The summed E-state index contributed by atoms with van der Waals surface area (Å²) >= 11 is 8.65. The molecule has 0 fully saturated rings. The van der Waals surface area contributed by atoms with E-state index in [2.05, 4.69) is 15.3 Å². The Bertz CT molecular complexity index is 1080. The van der Waals surface area contributed by atoms with E-state index in [1.165, 1.54) is 34.8 Å². The van der Waals surface area contributed by atoms with Crippen molar-refractivity contribution in [2.75, 3.05) is 11.1 Å². The molecule has 0 bridgehead atoms. The Morgan fingerprint density at radius 3 is 2.96 bits per heavy atom. The Hall–Kier alpha value is -1.90. The molecule has 1 aliphatic carbocycles. The van der Waals surface area contributed by atoms with Crippen molar-refractivity contribution >= 4 is 56.6 Å². The Kier molecular flexibility index (Phi) is 5.21. The number of thiophene rings is 1. The lowest BCUT2D eigenvalue weighted by Gasteiger charge is -2.11. The predicted octanol–water partition coefficient (Wildman–Crippen LogP) is 3.65. The SMILES string of the molecule is Cn1c(SCC(=O)Nc2ccc(Cl)cn2)nc2sc3c(c2c1=O)CCCC3. The topological polar surface area (TPSA) is 76.9 Å². The quantitative estimate of drug-likeness (QED) is 0.515. The van der Waals surface area contributed by atoms with Crippen LogP contribution in [0.25, 0.3) is 10.2 Å². The van der Waals surface area contributed by atoms with Crippen molar-refractivity contribution in [3.8, 4) is 0 Å². The maximum absolute atomic E-state index is 12.8. The maximum atomic E-state index is 12.8. The fourth-order valence-electron chi connectivity index (χ4n) is 3.16. The molecule has 0 aromatic carbocycles. The molecule has 1 aliphatic rings. The third-order valence-electron chi connectivity index (χ3n) is 4.48. The van der Waals surface area contributed by atoms with Gasteiger partial charge in [-0.25, -0.2) is 9.97 Å². The number of halogens is 1. The summed E-state index contributed by atoms with van der Waals surface area (Å²) in [7, 11) is 1.71. The zero-order valence-electron chi connectivity index (χ0n) is 14.6. The molecule has 0 unspecified atom stereocenters. The second-order valence-corrected chi connectivity index (χ2v) is 8.81. The fraction of sp³-hybridized carbons (Fsp3) is 0.333. The van der Waals surface area contributed by atoms with E-state index in [0.717, 1.165) is 29.5 Å². The van der Waals surface area contributed by atoms with Gasteiger partial charge in [0.15, 0.2) is 5.16 Å². The van der Waals surface area contributed by atoms with Crippen LogP contribution in [-0.4, -0.2) is 26.2 Å². The number of aromatic nitrogens is 3. The first-order chi connectivity index (χ1) is 13.0. The molecule has 0 radical (unpaired) electrons. The molecule has 1 amide bonds. The molecular weight excluding hydrogens is 404 g/mol. The van der Waals surface area contributed by atoms with Crippen LogP contribution in [0.4, 0.5) is 5.82 Å². The van der Waals surface area contributed by atoms with Crippen molar-refractivity contribution in [3.05, 3.63) is 44.1 Å². The summed E-state index contributed by atoms with van der Waals surface area (Å²) in [5, 5.41) is 4.52. The molecule has 27 heavy (non-hydrogen) atoms. The van der Waals surface area contributed by atoms with E-state index in [-0.39, 0.29) is 17.2 Å². The van der Waals surface area contributed by atoms with E-state index in [9.17, 15) is 9.59 Å². The number of amides is 1. The van der Waals surface area contributed by atoms with Gasteiger partial charge < -0.3 is 5.32 Å². The lowest BCUT2D eigenvalue weighted by molar-refractivity contribution is -0.113. The van der Waals surface area contributed by atoms with Gasteiger partial charge in [-0.15, -0.1) is 11.3 Å². The molecule has 9 heteroatoms. The summed E-state index contributed by atoms with van der Waals surface area (Å²) in [6, 6.07) is 3.30. The van der Waals surface area contributed by atoms with Crippen molar-refractivity contribution in [3.63, 3.8) is 0 Å². The zero-order valence-corrected chi connectivity index (χ0v) is 17.0. The smallest absolute Gasteiger partial charge is 0.262 e. The van der Waals surface area contributed by atoms with E-state index < -0.39 is 0 Å². The summed E-state index contributed by atoms with van der Waals surface area (Å²) in [6.07, 6.45) is 5.74. The number of nitrogens with zero attached hydrogens (tertiary/aromatic N) is 3. The molecule has 4 rings (SSSR count). The molecule has 0 saturated carbocycles. The Morgan fingerprint density at radius 1 is 1.37 bits per heavy atom. The minimum atomic E-state index is -0.213. The third-order valence-corrected chi connectivity index (χ3v) is 6.92. The lowest BCUT2D eigenvalue weighted by atomic mass is 9.97. The molecule has 0 saturated heterocycles. The standard InChI is InChI=1S/C18H17ClN4O2S2/c1-23-17(25)15-11-4-2-3-5-12(11)27-16(15)22-18(23)26-9-14(24)21-13-7-6-10(19)8-20-13/h6-8H,2-5,9H2,1H3,(H,20,21,24). The van der Waals surface area contributed by atoms with E-state index in [4.69, 9.17) is 11.6 Å². The number of anilines is 1. The van der Waals surface area contributed by atoms with E-state index in [0.29, 0.717) is 16.0 Å². The van der Waals surface area contributed by atoms with E-state index >= 15 is 0 Å². The number of aryl methyl sites for hydroxylation is 2. The van der Waals surface area contributed by atoms with Crippen molar-refractivity contribution in [1.29, 1.82) is 0 Å². The highest BCUT2D eigenvalue weighted by Crippen LogP contribution is 2.34. The summed E-state index contributed by atoms with van der Waals surface area (Å²) in [4.78, 5) is 35.8. The Balaban J connectivity index is 1.53. The molecule has 0 spiro atoms. The van der Waals surface area contributed by atoms with E-state index in [1.54, 1.807) is 35.1 Å². The molecule has 6 nitrogen and oxygen atoms in total. The van der Waals surface area contributed by atoms with Gasteiger partial charge in [-0.05, 0) is 43.4 Å². The van der Waals surface area contributed by atoms with Crippen LogP contribution in [0.1, 0.15) is 23.3 Å². The molecule has 0 atom stereocenters. The van der Waals surface area contributed by atoms with Gasteiger partial charge in [-0.3, -0.25) is 14.2 Å². The van der Waals surface area contributed by atoms with Crippen LogP contribution >= 0.6 is 34.7 Å². The van der Waals surface area contributed by atoms with Gasteiger partial charge in [-0.2, -0.15) is 0 Å². The highest BCUT2D eigenvalue weighted by atomic mass is 35.5. The van der Waals surface area contributed by atoms with Crippen LogP contribution in [0.3, 0.4) is 0 Å². The minimum Gasteiger partial charge on any atom is -0.310 e. The van der Waals surface area contributed by atoms with Crippen LogP contribution in [-0.2, 0) is 24.7 Å². The number of rotatable bonds is 4. The number of hydrogen-bond acceptors (Lipinski definition) is 6. The van der Waals surface area contributed by atoms with Gasteiger partial charge in [0.05, 0.1) is 16.2 Å². The van der Waals surface area contributed by atoms with Crippen molar-refractivity contribution in [2.24, 2.45) is 7.05 Å². The van der Waals surface area contributed by atoms with Gasteiger partial charge >= 0.3 is 0 Å². The monoisotopic (exact) mass is 420 g/mol. The fourth-order valence-corrected chi connectivity index (χ4v) is 5.34. The number of pyridine rings is 1. The third kappa shape index (κ3) is 3.74. The molecule has 1 N–H and O–H groups in total. The molecule has 3 aromatic rings. The molecule has 3 heterocycles. The van der Waals surface area contributed by atoms with Crippen molar-refractivity contribution < 1.29 is 4.79 Å². The van der Waals surface area contributed by atoms with Crippen LogP contribution in [0.5, 0.6) is 0 Å². The van der Waals surface area contributed by atoms with Gasteiger partial charge in [0.1, 0.15) is 10.6 Å². The average molecular weight is 421 g/mol. The number of nitrogens with one attached hydrogen (secondary N) is 1. The first-order valence-electron chi connectivity index (χ1n) is 8.58.